The predicted octanol–water partition coefficient (Wildman–Crippen LogP) is 3.07. The molecule has 2 rings (SSSR count). The van der Waals surface area contributed by atoms with E-state index in [4.69, 9.17) is 11.6 Å². The van der Waals surface area contributed by atoms with Crippen LogP contribution in [-0.4, -0.2) is 23.2 Å². The van der Waals surface area contributed by atoms with Crippen molar-refractivity contribution in [1.82, 2.24) is 0 Å². The van der Waals surface area contributed by atoms with Crippen molar-refractivity contribution in [1.29, 1.82) is 0 Å². The number of halogens is 1. The van der Waals surface area contributed by atoms with Crippen molar-refractivity contribution in [3.05, 3.63) is 33.3 Å². The summed E-state index contributed by atoms with van der Waals surface area (Å²) in [5.41, 5.74) is 0.476. The van der Waals surface area contributed by atoms with E-state index in [1.807, 2.05) is 0 Å². The molecule has 104 valence electrons. The molecular weight excluding hydrogens is 268 g/mol. The topological polar surface area (TPSA) is 75.4 Å². The number of nitrogens with zero attached hydrogens (tertiary/aromatic N) is 1. The number of nitro groups is 1. The summed E-state index contributed by atoms with van der Waals surface area (Å²) < 4.78 is 0. The van der Waals surface area contributed by atoms with Crippen LogP contribution < -0.4 is 5.32 Å². The number of rotatable bonds is 5. The van der Waals surface area contributed by atoms with E-state index >= 15 is 0 Å². The van der Waals surface area contributed by atoms with Gasteiger partial charge >= 0.3 is 0 Å². The van der Waals surface area contributed by atoms with Crippen molar-refractivity contribution < 1.29 is 10.0 Å². The Hall–Kier alpha value is -1.33. The van der Waals surface area contributed by atoms with Crippen LogP contribution in [0.15, 0.2) is 18.2 Å². The summed E-state index contributed by atoms with van der Waals surface area (Å²) in [7, 11) is 0. The van der Waals surface area contributed by atoms with Gasteiger partial charge in [-0.3, -0.25) is 10.1 Å². The zero-order valence-electron chi connectivity index (χ0n) is 10.5. The number of benzene rings is 1. The highest BCUT2D eigenvalue weighted by Gasteiger charge is 2.27. The molecule has 0 saturated heterocycles. The van der Waals surface area contributed by atoms with Gasteiger partial charge in [0.25, 0.3) is 5.69 Å². The summed E-state index contributed by atoms with van der Waals surface area (Å²) >= 11 is 5.87. The van der Waals surface area contributed by atoms with Gasteiger partial charge < -0.3 is 10.4 Å². The monoisotopic (exact) mass is 284 g/mol. The van der Waals surface area contributed by atoms with E-state index in [1.54, 1.807) is 6.07 Å². The molecule has 1 aromatic carbocycles. The van der Waals surface area contributed by atoms with Gasteiger partial charge in [0, 0.05) is 24.2 Å². The standard InChI is InChI=1S/C13H17ClN2O3/c14-11-4-5-13(16(18)19)12(6-11)15-7-9-2-1-3-10(9)8-17/h4-6,9-10,15,17H,1-3,7-8H2. The normalized spacial score (nSPS) is 22.4. The summed E-state index contributed by atoms with van der Waals surface area (Å²) in [6, 6.07) is 4.49. The first-order valence-corrected chi connectivity index (χ1v) is 6.78. The number of aliphatic hydroxyl groups is 1. The number of hydrogen-bond acceptors (Lipinski definition) is 4. The van der Waals surface area contributed by atoms with Crippen LogP contribution in [0, 0.1) is 22.0 Å². The fourth-order valence-corrected chi connectivity index (χ4v) is 2.84. The Labute approximate surface area is 116 Å². The maximum Gasteiger partial charge on any atom is 0.292 e. The third-order valence-electron chi connectivity index (χ3n) is 3.76. The van der Waals surface area contributed by atoms with Crippen LogP contribution in [0.2, 0.25) is 5.02 Å². The molecule has 2 N–H and O–H groups in total. The average Bonchev–Trinajstić information content (AvgIpc) is 2.83. The number of hydrogen-bond donors (Lipinski definition) is 2. The van der Waals surface area contributed by atoms with Gasteiger partial charge in [0.2, 0.25) is 0 Å². The molecule has 2 atom stereocenters. The Kier molecular flexibility index (Phi) is 4.61. The number of anilines is 1. The highest BCUT2D eigenvalue weighted by Crippen LogP contribution is 2.33. The Morgan fingerprint density at radius 1 is 1.42 bits per heavy atom. The molecule has 0 bridgehead atoms. The Balaban J connectivity index is 2.06. The molecule has 1 saturated carbocycles. The number of aliphatic hydroxyl groups excluding tert-OH is 1. The van der Waals surface area contributed by atoms with Crippen molar-refractivity contribution >= 4 is 23.0 Å². The van der Waals surface area contributed by atoms with E-state index in [0.29, 0.717) is 29.1 Å². The van der Waals surface area contributed by atoms with Crippen LogP contribution in [0.5, 0.6) is 0 Å². The smallest absolute Gasteiger partial charge is 0.292 e. The minimum absolute atomic E-state index is 0.0305. The first-order chi connectivity index (χ1) is 9.11. The molecule has 5 nitrogen and oxygen atoms in total. The zero-order valence-corrected chi connectivity index (χ0v) is 11.3. The van der Waals surface area contributed by atoms with Crippen LogP contribution in [0.25, 0.3) is 0 Å². The van der Waals surface area contributed by atoms with Gasteiger partial charge in [0.05, 0.1) is 4.92 Å². The second-order valence-electron chi connectivity index (χ2n) is 4.93. The van der Waals surface area contributed by atoms with Crippen LogP contribution in [0.4, 0.5) is 11.4 Å². The van der Waals surface area contributed by atoms with Crippen molar-refractivity contribution in [2.45, 2.75) is 19.3 Å². The fraction of sp³-hybridized carbons (Fsp3) is 0.538. The minimum atomic E-state index is -0.420. The lowest BCUT2D eigenvalue weighted by molar-refractivity contribution is -0.384. The highest BCUT2D eigenvalue weighted by atomic mass is 35.5. The van der Waals surface area contributed by atoms with E-state index in [0.717, 1.165) is 19.3 Å². The lowest BCUT2D eigenvalue weighted by atomic mass is 9.97. The van der Waals surface area contributed by atoms with Gasteiger partial charge in [-0.2, -0.15) is 0 Å². The third-order valence-corrected chi connectivity index (χ3v) is 4.00. The predicted molar refractivity (Wildman–Crippen MR) is 74.5 cm³/mol. The molecule has 0 aromatic heterocycles. The van der Waals surface area contributed by atoms with Crippen LogP contribution in [0.1, 0.15) is 19.3 Å². The van der Waals surface area contributed by atoms with Gasteiger partial charge in [0.1, 0.15) is 5.69 Å². The molecule has 1 aliphatic rings. The van der Waals surface area contributed by atoms with E-state index in [1.165, 1.54) is 12.1 Å². The minimum Gasteiger partial charge on any atom is -0.396 e. The summed E-state index contributed by atoms with van der Waals surface area (Å²) in [4.78, 5) is 10.5. The summed E-state index contributed by atoms with van der Waals surface area (Å²) in [5, 5.41) is 23.8. The molecule has 0 radical (unpaired) electrons. The zero-order chi connectivity index (χ0) is 13.8. The first-order valence-electron chi connectivity index (χ1n) is 6.40. The van der Waals surface area contributed by atoms with Crippen molar-refractivity contribution in [2.24, 2.45) is 11.8 Å². The van der Waals surface area contributed by atoms with Crippen molar-refractivity contribution in [2.75, 3.05) is 18.5 Å². The lowest BCUT2D eigenvalue weighted by Gasteiger charge is -2.18. The second-order valence-corrected chi connectivity index (χ2v) is 5.37. The van der Waals surface area contributed by atoms with Crippen LogP contribution >= 0.6 is 11.6 Å². The Bertz CT molecular complexity index is 467. The van der Waals surface area contributed by atoms with Gasteiger partial charge in [-0.15, -0.1) is 0 Å². The molecule has 1 fully saturated rings. The number of nitrogens with one attached hydrogen (secondary N) is 1. The van der Waals surface area contributed by atoms with E-state index in [2.05, 4.69) is 5.32 Å². The van der Waals surface area contributed by atoms with E-state index in [-0.39, 0.29) is 12.3 Å². The summed E-state index contributed by atoms with van der Waals surface area (Å²) in [5.74, 6) is 0.661. The molecule has 1 aliphatic carbocycles. The number of nitro benzene ring substituents is 1. The molecule has 0 spiro atoms. The summed E-state index contributed by atoms with van der Waals surface area (Å²) in [6.07, 6.45) is 3.18. The van der Waals surface area contributed by atoms with Gasteiger partial charge in [-0.05, 0) is 36.8 Å². The largest absolute Gasteiger partial charge is 0.396 e. The molecule has 1 aromatic rings. The van der Waals surface area contributed by atoms with E-state index in [9.17, 15) is 15.2 Å². The molecule has 19 heavy (non-hydrogen) atoms. The summed E-state index contributed by atoms with van der Waals surface area (Å²) in [6.45, 7) is 0.816. The Morgan fingerprint density at radius 3 is 2.84 bits per heavy atom. The van der Waals surface area contributed by atoms with Crippen LogP contribution in [0.3, 0.4) is 0 Å². The third kappa shape index (κ3) is 3.36. The highest BCUT2D eigenvalue weighted by molar-refractivity contribution is 6.31. The quantitative estimate of drug-likeness (QED) is 0.643. The molecule has 0 aliphatic heterocycles. The van der Waals surface area contributed by atoms with Gasteiger partial charge in [0.15, 0.2) is 0 Å². The molecular formula is C13H17ClN2O3. The molecule has 6 heteroatoms. The lowest BCUT2D eigenvalue weighted by Crippen LogP contribution is -2.21. The van der Waals surface area contributed by atoms with Crippen molar-refractivity contribution in [3.8, 4) is 0 Å². The SMILES string of the molecule is O=[N+]([O-])c1ccc(Cl)cc1NCC1CCCC1CO. The average molecular weight is 285 g/mol. The molecule has 2 unspecified atom stereocenters. The van der Waals surface area contributed by atoms with Gasteiger partial charge in [-0.1, -0.05) is 18.0 Å². The van der Waals surface area contributed by atoms with Gasteiger partial charge in [-0.25, -0.2) is 0 Å². The second kappa shape index (κ2) is 6.21. The molecule has 0 amide bonds. The maximum absolute atomic E-state index is 10.9. The fourth-order valence-electron chi connectivity index (χ4n) is 2.67. The van der Waals surface area contributed by atoms with Crippen LogP contribution in [-0.2, 0) is 0 Å². The first kappa shape index (κ1) is 14.1. The maximum atomic E-state index is 10.9. The molecule has 0 heterocycles. The Morgan fingerprint density at radius 2 is 2.16 bits per heavy atom. The van der Waals surface area contributed by atoms with E-state index < -0.39 is 4.92 Å². The van der Waals surface area contributed by atoms with Crippen molar-refractivity contribution in [3.63, 3.8) is 0 Å².